The molecule has 1 aromatic carbocycles. The van der Waals surface area contributed by atoms with E-state index in [9.17, 15) is 0 Å². The summed E-state index contributed by atoms with van der Waals surface area (Å²) in [5.74, 6) is 0.757. The molecule has 0 amide bonds. The quantitative estimate of drug-likeness (QED) is 0.590. The number of fused-ring (bicyclic) bond motifs is 5. The van der Waals surface area contributed by atoms with E-state index in [-0.39, 0.29) is 5.41 Å². The third-order valence-electron chi connectivity index (χ3n) is 8.54. The molecule has 4 aliphatic carbocycles. The third-order valence-corrected chi connectivity index (χ3v) is 8.54. The molecule has 0 saturated heterocycles. The van der Waals surface area contributed by atoms with Crippen molar-refractivity contribution in [1.29, 1.82) is 0 Å². The maximum absolute atomic E-state index is 5.22. The zero-order valence-electron chi connectivity index (χ0n) is 17.2. The monoisotopic (exact) mass is 370 g/mol. The molecule has 2 heteroatoms. The third kappa shape index (κ3) is 2.02. The van der Waals surface area contributed by atoms with E-state index in [1.165, 1.54) is 73.9 Å². The fraction of sp³-hybridized carbons (Fsp3) is 0.500. The number of aromatic nitrogens is 2. The van der Waals surface area contributed by atoms with Gasteiger partial charge in [-0.3, -0.25) is 4.68 Å². The minimum Gasteiger partial charge on any atom is -0.267 e. The van der Waals surface area contributed by atoms with E-state index >= 15 is 0 Å². The molecule has 2 atom stereocenters. The van der Waals surface area contributed by atoms with Crippen molar-refractivity contribution >= 4 is 0 Å². The van der Waals surface area contributed by atoms with Gasteiger partial charge in [0, 0.05) is 23.6 Å². The van der Waals surface area contributed by atoms with Gasteiger partial charge in [-0.1, -0.05) is 67.8 Å². The second-order valence-electron chi connectivity index (χ2n) is 9.82. The second-order valence-corrected chi connectivity index (χ2v) is 9.82. The van der Waals surface area contributed by atoms with Gasteiger partial charge in [0.1, 0.15) is 0 Å². The summed E-state index contributed by atoms with van der Waals surface area (Å²) in [4.78, 5) is 0. The van der Waals surface area contributed by atoms with Crippen LogP contribution in [0.2, 0.25) is 0 Å². The van der Waals surface area contributed by atoms with Gasteiger partial charge >= 0.3 is 0 Å². The van der Waals surface area contributed by atoms with E-state index in [1.54, 1.807) is 5.57 Å². The van der Waals surface area contributed by atoms with Crippen LogP contribution in [0.3, 0.4) is 0 Å². The van der Waals surface area contributed by atoms with Crippen molar-refractivity contribution in [3.05, 3.63) is 64.9 Å². The fourth-order valence-electron chi connectivity index (χ4n) is 7.59. The Kier molecular flexibility index (Phi) is 3.44. The van der Waals surface area contributed by atoms with Gasteiger partial charge in [0.15, 0.2) is 0 Å². The van der Waals surface area contributed by atoms with Gasteiger partial charge in [0.2, 0.25) is 0 Å². The summed E-state index contributed by atoms with van der Waals surface area (Å²) in [5.41, 5.74) is 9.68. The minimum absolute atomic E-state index is 0.177. The molecule has 2 nitrogen and oxygen atoms in total. The van der Waals surface area contributed by atoms with Crippen molar-refractivity contribution in [3.63, 3.8) is 0 Å². The summed E-state index contributed by atoms with van der Waals surface area (Å²) in [6, 6.07) is 10.9. The van der Waals surface area contributed by atoms with Crippen LogP contribution in [0.4, 0.5) is 0 Å². The molecule has 1 saturated carbocycles. The predicted octanol–water partition coefficient (Wildman–Crippen LogP) is 6.13. The van der Waals surface area contributed by atoms with Crippen molar-refractivity contribution in [1.82, 2.24) is 9.78 Å². The van der Waals surface area contributed by atoms with Crippen molar-refractivity contribution < 1.29 is 0 Å². The molecule has 1 aromatic heterocycles. The highest BCUT2D eigenvalue weighted by Crippen LogP contribution is 2.66. The van der Waals surface area contributed by atoms with E-state index in [0.717, 1.165) is 5.92 Å². The summed E-state index contributed by atoms with van der Waals surface area (Å²) in [7, 11) is 2.15. The lowest BCUT2D eigenvalue weighted by atomic mass is 9.48. The molecule has 1 heterocycles. The number of aryl methyl sites for hydroxylation is 1. The Bertz CT molecular complexity index is 1000. The van der Waals surface area contributed by atoms with E-state index in [0.29, 0.717) is 5.41 Å². The lowest BCUT2D eigenvalue weighted by Gasteiger charge is -2.55. The number of rotatable bonds is 1. The molecule has 6 rings (SSSR count). The van der Waals surface area contributed by atoms with Crippen LogP contribution >= 0.6 is 0 Å². The molecule has 0 bridgehead atoms. The Morgan fingerprint density at radius 1 is 1.11 bits per heavy atom. The Labute approximate surface area is 168 Å². The molecule has 0 unspecified atom stereocenters. The van der Waals surface area contributed by atoms with Crippen LogP contribution in [0.1, 0.15) is 63.1 Å². The van der Waals surface area contributed by atoms with E-state index in [1.807, 2.05) is 5.57 Å². The number of nitrogens with zero attached hydrogens (tertiary/aromatic N) is 2. The van der Waals surface area contributed by atoms with E-state index < -0.39 is 0 Å². The Morgan fingerprint density at radius 3 is 2.68 bits per heavy atom. The van der Waals surface area contributed by atoms with Crippen LogP contribution in [-0.2, 0) is 18.9 Å². The highest BCUT2D eigenvalue weighted by atomic mass is 15.3. The first-order valence-corrected chi connectivity index (χ1v) is 11.1. The van der Waals surface area contributed by atoms with Crippen molar-refractivity contribution in [2.45, 2.75) is 63.7 Å². The van der Waals surface area contributed by atoms with Crippen molar-refractivity contribution in [2.75, 3.05) is 0 Å². The topological polar surface area (TPSA) is 17.8 Å². The largest absolute Gasteiger partial charge is 0.267 e. The van der Waals surface area contributed by atoms with Gasteiger partial charge in [0.05, 0.1) is 11.4 Å². The Balaban J connectivity index is 1.55. The predicted molar refractivity (Wildman–Crippen MR) is 114 cm³/mol. The Morgan fingerprint density at radius 2 is 1.89 bits per heavy atom. The standard InChI is InChI=1S/C26H30N2/c1-25-17-19-11-8-12-21(19)26(15-6-7-16-26)22(25)14-13-20-23(28(2)27-24(20)25)18-9-4-3-5-10-18/h3-5,8-11,22H,6-7,12-17H2,1-2H3/t22-,25+/m1/s1. The molecular formula is C26H30N2. The van der Waals surface area contributed by atoms with Crippen molar-refractivity contribution in [2.24, 2.45) is 18.4 Å². The van der Waals surface area contributed by atoms with Gasteiger partial charge < -0.3 is 0 Å². The fourth-order valence-corrected chi connectivity index (χ4v) is 7.59. The normalized spacial score (nSPS) is 29.9. The molecule has 2 aromatic rings. The SMILES string of the molecule is Cn1nc2c(c1-c1ccccc1)CC[C@H]1C3(CCCC3)C3=C(C=CC3)C[C@]21C. The smallest absolute Gasteiger partial charge is 0.0728 e. The second kappa shape index (κ2) is 5.72. The zero-order valence-corrected chi connectivity index (χ0v) is 17.2. The van der Waals surface area contributed by atoms with Crippen molar-refractivity contribution in [3.8, 4) is 11.3 Å². The average molecular weight is 371 g/mol. The van der Waals surface area contributed by atoms with Crippen LogP contribution in [0.5, 0.6) is 0 Å². The molecule has 1 spiro atoms. The lowest BCUT2D eigenvalue weighted by molar-refractivity contribution is 0.0810. The lowest BCUT2D eigenvalue weighted by Crippen LogP contribution is -2.50. The average Bonchev–Trinajstić information content (AvgIpc) is 3.41. The van der Waals surface area contributed by atoms with Gasteiger partial charge in [0.25, 0.3) is 0 Å². The van der Waals surface area contributed by atoms with E-state index in [2.05, 4.69) is 61.1 Å². The number of benzene rings is 1. The summed E-state index contributed by atoms with van der Waals surface area (Å²) < 4.78 is 2.17. The number of allylic oxidation sites excluding steroid dienone is 4. The van der Waals surface area contributed by atoms with Gasteiger partial charge in [-0.05, 0) is 55.4 Å². The molecule has 4 aliphatic rings. The van der Waals surface area contributed by atoms with Crippen LogP contribution < -0.4 is 0 Å². The first-order chi connectivity index (χ1) is 13.6. The summed E-state index contributed by atoms with van der Waals surface area (Å²) in [5, 5.41) is 5.22. The van der Waals surface area contributed by atoms with Crippen LogP contribution in [0.25, 0.3) is 11.3 Å². The van der Waals surface area contributed by atoms with Crippen LogP contribution in [0, 0.1) is 11.3 Å². The first kappa shape index (κ1) is 16.8. The van der Waals surface area contributed by atoms with Gasteiger partial charge in [-0.15, -0.1) is 0 Å². The molecule has 144 valence electrons. The molecule has 1 fully saturated rings. The maximum Gasteiger partial charge on any atom is 0.0728 e. The first-order valence-electron chi connectivity index (χ1n) is 11.1. The maximum atomic E-state index is 5.22. The molecular weight excluding hydrogens is 340 g/mol. The Hall–Kier alpha value is -2.09. The minimum atomic E-state index is 0.177. The summed E-state index contributed by atoms with van der Waals surface area (Å²) in [6.07, 6.45) is 15.4. The molecule has 0 aliphatic heterocycles. The molecule has 0 N–H and O–H groups in total. The zero-order chi connectivity index (χ0) is 18.9. The number of hydrogen-bond donors (Lipinski definition) is 0. The number of hydrogen-bond acceptors (Lipinski definition) is 1. The van der Waals surface area contributed by atoms with Crippen LogP contribution in [-0.4, -0.2) is 9.78 Å². The highest BCUT2D eigenvalue weighted by molar-refractivity contribution is 5.66. The molecule has 28 heavy (non-hydrogen) atoms. The highest BCUT2D eigenvalue weighted by Gasteiger charge is 2.58. The van der Waals surface area contributed by atoms with E-state index in [4.69, 9.17) is 5.10 Å². The van der Waals surface area contributed by atoms with Gasteiger partial charge in [-0.25, -0.2) is 0 Å². The van der Waals surface area contributed by atoms with Crippen LogP contribution in [0.15, 0.2) is 53.6 Å². The van der Waals surface area contributed by atoms with Gasteiger partial charge in [-0.2, -0.15) is 5.10 Å². The summed E-state index contributed by atoms with van der Waals surface area (Å²) in [6.45, 7) is 2.55. The molecule has 0 radical (unpaired) electrons. The summed E-state index contributed by atoms with van der Waals surface area (Å²) >= 11 is 0.